The summed E-state index contributed by atoms with van der Waals surface area (Å²) in [6.07, 6.45) is 4.20. The quantitative estimate of drug-likeness (QED) is 0.752. The van der Waals surface area contributed by atoms with Gasteiger partial charge in [-0.3, -0.25) is 9.20 Å². The van der Waals surface area contributed by atoms with E-state index in [0.717, 1.165) is 0 Å². The van der Waals surface area contributed by atoms with Gasteiger partial charge in [-0.1, -0.05) is 12.1 Å². The van der Waals surface area contributed by atoms with Gasteiger partial charge in [-0.15, -0.1) is 0 Å². The number of aromatic nitrogens is 3. The smallest absolute Gasteiger partial charge is 0.268 e. The molecule has 0 unspecified atom stereocenters. The van der Waals surface area contributed by atoms with Crippen molar-refractivity contribution >= 4 is 11.7 Å². The lowest BCUT2D eigenvalue weighted by Gasteiger charge is -2.00. The molecule has 19 heavy (non-hydrogen) atoms. The molecule has 0 fully saturated rings. The van der Waals surface area contributed by atoms with Crippen LogP contribution in [0.15, 0.2) is 36.5 Å². The number of hydrogen-bond donors (Lipinski definition) is 1. The third-order valence-corrected chi connectivity index (χ3v) is 2.69. The van der Waals surface area contributed by atoms with Crippen molar-refractivity contribution in [2.45, 2.75) is 0 Å². The van der Waals surface area contributed by atoms with E-state index in [0.29, 0.717) is 11.3 Å². The van der Waals surface area contributed by atoms with E-state index in [2.05, 4.69) is 16.2 Å². The monoisotopic (exact) mass is 255 g/mol. The molecule has 0 aliphatic rings. The van der Waals surface area contributed by atoms with Crippen LogP contribution in [0.1, 0.15) is 10.5 Å². The molecule has 2 aromatic heterocycles. The summed E-state index contributed by atoms with van der Waals surface area (Å²) >= 11 is 0. The van der Waals surface area contributed by atoms with Crippen LogP contribution in [-0.4, -0.2) is 20.3 Å². The van der Waals surface area contributed by atoms with Crippen molar-refractivity contribution in [2.24, 2.45) is 5.73 Å². The topological polar surface area (TPSA) is 73.3 Å². The second kappa shape index (κ2) is 4.16. The highest BCUT2D eigenvalue weighted by Gasteiger charge is 2.19. The van der Waals surface area contributed by atoms with Crippen molar-refractivity contribution < 1.29 is 9.18 Å². The molecule has 0 aliphatic carbocycles. The Morgan fingerprint density at radius 3 is 3.00 bits per heavy atom. The van der Waals surface area contributed by atoms with E-state index in [1.54, 1.807) is 18.3 Å². The molecule has 0 bridgehead atoms. The van der Waals surface area contributed by atoms with Crippen molar-refractivity contribution in [3.8, 4) is 11.3 Å². The molecule has 0 spiro atoms. The maximum Gasteiger partial charge on any atom is 0.268 e. The molecular formula is C13H8FN4O. The molecule has 6 heteroatoms. The van der Waals surface area contributed by atoms with Gasteiger partial charge < -0.3 is 5.73 Å². The Bertz CT molecular complexity index is 781. The van der Waals surface area contributed by atoms with Crippen LogP contribution < -0.4 is 5.73 Å². The second-order valence-corrected chi connectivity index (χ2v) is 3.91. The third-order valence-electron chi connectivity index (χ3n) is 2.69. The minimum Gasteiger partial charge on any atom is -0.364 e. The summed E-state index contributed by atoms with van der Waals surface area (Å²) in [4.78, 5) is 19.7. The zero-order chi connectivity index (χ0) is 13.4. The van der Waals surface area contributed by atoms with Crippen molar-refractivity contribution in [1.29, 1.82) is 0 Å². The lowest BCUT2D eigenvalue weighted by molar-refractivity contribution is 0.0995. The lowest BCUT2D eigenvalue weighted by Crippen LogP contribution is -2.15. The first-order valence-corrected chi connectivity index (χ1v) is 5.47. The molecule has 2 heterocycles. The minimum absolute atomic E-state index is 0.169. The fourth-order valence-electron chi connectivity index (χ4n) is 1.92. The molecule has 5 nitrogen and oxygen atoms in total. The Balaban J connectivity index is 2.34. The van der Waals surface area contributed by atoms with Gasteiger partial charge in [0.05, 0.1) is 6.20 Å². The molecule has 1 amide bonds. The van der Waals surface area contributed by atoms with E-state index in [-0.39, 0.29) is 11.5 Å². The number of imidazole rings is 1. The zero-order valence-corrected chi connectivity index (χ0v) is 9.67. The Hall–Kier alpha value is -2.76. The number of hydrogen-bond acceptors (Lipinski definition) is 3. The van der Waals surface area contributed by atoms with Gasteiger partial charge in [-0.25, -0.2) is 14.4 Å². The molecule has 93 valence electrons. The normalized spacial score (nSPS) is 10.8. The van der Waals surface area contributed by atoms with Gasteiger partial charge >= 0.3 is 0 Å². The van der Waals surface area contributed by atoms with Crippen molar-refractivity contribution in [1.82, 2.24) is 14.4 Å². The van der Waals surface area contributed by atoms with Crippen LogP contribution in [-0.2, 0) is 0 Å². The molecule has 3 rings (SSSR count). The number of rotatable bonds is 2. The Morgan fingerprint density at radius 1 is 1.42 bits per heavy atom. The number of amides is 1. The number of carbonyl (C=O) groups excluding carboxylic acids is 1. The SMILES string of the molecule is NC(=O)c1c(-c2cccc(F)c2)nc2n[c]ccn12. The average molecular weight is 255 g/mol. The number of fused-ring (bicyclic) bond motifs is 1. The maximum atomic E-state index is 13.3. The molecule has 2 N–H and O–H groups in total. The lowest BCUT2D eigenvalue weighted by atomic mass is 10.1. The van der Waals surface area contributed by atoms with Crippen LogP contribution >= 0.6 is 0 Å². The molecule has 0 saturated carbocycles. The predicted octanol–water partition coefficient (Wildman–Crippen LogP) is 1.43. The fraction of sp³-hybridized carbons (Fsp3) is 0. The summed E-state index contributed by atoms with van der Waals surface area (Å²) in [5, 5.41) is 0. The van der Waals surface area contributed by atoms with E-state index < -0.39 is 11.7 Å². The number of carbonyl (C=O) groups is 1. The van der Waals surface area contributed by atoms with E-state index in [4.69, 9.17) is 5.73 Å². The molecule has 1 aromatic carbocycles. The van der Waals surface area contributed by atoms with Crippen LogP contribution in [0.25, 0.3) is 17.0 Å². The summed E-state index contributed by atoms with van der Waals surface area (Å²) in [6, 6.07) is 7.34. The van der Waals surface area contributed by atoms with Crippen molar-refractivity contribution in [3.63, 3.8) is 0 Å². The molecule has 0 atom stereocenters. The molecule has 1 radical (unpaired) electrons. The largest absolute Gasteiger partial charge is 0.364 e. The van der Waals surface area contributed by atoms with Gasteiger partial charge in [0.2, 0.25) is 5.78 Å². The number of primary amides is 1. The number of nitrogens with zero attached hydrogens (tertiary/aromatic N) is 3. The molecule has 3 aromatic rings. The zero-order valence-electron chi connectivity index (χ0n) is 9.67. The van der Waals surface area contributed by atoms with E-state index in [1.807, 2.05) is 0 Å². The van der Waals surface area contributed by atoms with Gasteiger partial charge in [0.25, 0.3) is 5.91 Å². The van der Waals surface area contributed by atoms with Crippen LogP contribution in [0, 0.1) is 12.0 Å². The van der Waals surface area contributed by atoms with Crippen molar-refractivity contribution in [2.75, 3.05) is 0 Å². The summed E-state index contributed by atoms with van der Waals surface area (Å²) in [5.41, 5.74) is 6.31. The van der Waals surface area contributed by atoms with Gasteiger partial charge in [-0.2, -0.15) is 0 Å². The van der Waals surface area contributed by atoms with E-state index >= 15 is 0 Å². The first-order chi connectivity index (χ1) is 9.16. The highest BCUT2D eigenvalue weighted by molar-refractivity contribution is 5.98. The maximum absolute atomic E-state index is 13.3. The Labute approximate surface area is 107 Å². The predicted molar refractivity (Wildman–Crippen MR) is 65.7 cm³/mol. The second-order valence-electron chi connectivity index (χ2n) is 3.91. The number of nitrogens with two attached hydrogens (primary N) is 1. The molecule has 0 aliphatic heterocycles. The Kier molecular flexibility index (Phi) is 2.49. The number of benzene rings is 1. The summed E-state index contributed by atoms with van der Waals surface area (Å²) < 4.78 is 14.7. The highest BCUT2D eigenvalue weighted by Crippen LogP contribution is 2.23. The van der Waals surface area contributed by atoms with Gasteiger partial charge in [0, 0.05) is 11.8 Å². The highest BCUT2D eigenvalue weighted by atomic mass is 19.1. The van der Waals surface area contributed by atoms with Gasteiger partial charge in [0.1, 0.15) is 17.2 Å². The first-order valence-electron chi connectivity index (χ1n) is 5.47. The van der Waals surface area contributed by atoms with Crippen LogP contribution in [0.4, 0.5) is 4.39 Å². The minimum atomic E-state index is -0.653. The van der Waals surface area contributed by atoms with Crippen LogP contribution in [0.3, 0.4) is 0 Å². The van der Waals surface area contributed by atoms with E-state index in [9.17, 15) is 9.18 Å². The van der Waals surface area contributed by atoms with Gasteiger partial charge in [-0.05, 0) is 18.2 Å². The molecular weight excluding hydrogens is 247 g/mol. The Morgan fingerprint density at radius 2 is 2.26 bits per heavy atom. The summed E-state index contributed by atoms with van der Waals surface area (Å²) in [7, 11) is 0. The van der Waals surface area contributed by atoms with E-state index in [1.165, 1.54) is 22.6 Å². The third kappa shape index (κ3) is 1.83. The summed E-state index contributed by atoms with van der Waals surface area (Å²) in [5.74, 6) is -0.778. The fourth-order valence-corrected chi connectivity index (χ4v) is 1.92. The standard InChI is InChI=1S/C13H8FN4O/c14-9-4-1-3-8(7-9)10-11(12(15)19)18-6-2-5-16-13(18)17-10/h1-4,6-7H,(H2,15,19). The first kappa shape index (κ1) is 11.3. The average Bonchev–Trinajstić information content (AvgIpc) is 2.78. The van der Waals surface area contributed by atoms with Gasteiger partial charge in [0.15, 0.2) is 0 Å². The van der Waals surface area contributed by atoms with Crippen LogP contribution in [0.5, 0.6) is 0 Å². The number of halogens is 1. The summed E-state index contributed by atoms with van der Waals surface area (Å²) in [6.45, 7) is 0. The van der Waals surface area contributed by atoms with Crippen molar-refractivity contribution in [3.05, 3.63) is 54.2 Å². The van der Waals surface area contributed by atoms with Crippen LogP contribution in [0.2, 0.25) is 0 Å². The molecule has 0 saturated heterocycles.